The van der Waals surface area contributed by atoms with Crippen LogP contribution < -0.4 is 0 Å². The first-order valence-corrected chi connectivity index (χ1v) is 11.3. The van der Waals surface area contributed by atoms with E-state index < -0.39 is 0 Å². The number of halogens is 1. The molecule has 0 aliphatic rings. The number of hydrogen-bond acceptors (Lipinski definition) is 2. The molecule has 152 valence electrons. The molecule has 32 heavy (non-hydrogen) atoms. The Labute approximate surface area is 189 Å². The maximum absolute atomic E-state index is 13.6. The van der Waals surface area contributed by atoms with Crippen LogP contribution in [0.25, 0.3) is 53.8 Å². The lowest BCUT2D eigenvalue weighted by atomic mass is 9.94. The summed E-state index contributed by atoms with van der Waals surface area (Å²) in [6.07, 6.45) is 0. The molecule has 0 atom stereocenters. The second-order valence-corrected chi connectivity index (χ2v) is 8.81. The summed E-state index contributed by atoms with van der Waals surface area (Å²) in [5.41, 5.74) is 6.39. The van der Waals surface area contributed by atoms with E-state index in [1.165, 1.54) is 27.1 Å². The molecule has 6 aromatic rings. The van der Waals surface area contributed by atoms with Crippen molar-refractivity contribution >= 4 is 32.3 Å². The SMILES string of the molecule is Fc1cccc(-c2ccc(-c3ccc(-c4nc5ccccc5s4)c4ccccc34)cc2)c1. The van der Waals surface area contributed by atoms with Gasteiger partial charge in [-0.1, -0.05) is 84.9 Å². The van der Waals surface area contributed by atoms with E-state index in [1.807, 2.05) is 12.1 Å². The van der Waals surface area contributed by atoms with Crippen LogP contribution >= 0.6 is 11.3 Å². The predicted molar refractivity (Wildman–Crippen MR) is 133 cm³/mol. The molecule has 0 amide bonds. The van der Waals surface area contributed by atoms with Crippen molar-refractivity contribution in [3.8, 4) is 32.8 Å². The van der Waals surface area contributed by atoms with E-state index in [0.29, 0.717) is 0 Å². The molecule has 0 spiro atoms. The quantitative estimate of drug-likeness (QED) is 0.273. The highest BCUT2D eigenvalue weighted by molar-refractivity contribution is 7.21. The van der Waals surface area contributed by atoms with Gasteiger partial charge in [0.2, 0.25) is 0 Å². The summed E-state index contributed by atoms with van der Waals surface area (Å²) in [4.78, 5) is 4.88. The van der Waals surface area contributed by atoms with Crippen molar-refractivity contribution in [1.29, 1.82) is 0 Å². The van der Waals surface area contributed by atoms with E-state index in [9.17, 15) is 4.39 Å². The molecule has 0 fully saturated rings. The van der Waals surface area contributed by atoms with Crippen LogP contribution in [0.15, 0.2) is 109 Å². The highest BCUT2D eigenvalue weighted by Gasteiger charge is 2.13. The maximum atomic E-state index is 13.6. The van der Waals surface area contributed by atoms with Crippen molar-refractivity contribution in [2.24, 2.45) is 0 Å². The van der Waals surface area contributed by atoms with Gasteiger partial charge in [0.25, 0.3) is 0 Å². The Morgan fingerprint density at radius 3 is 2.03 bits per heavy atom. The Balaban J connectivity index is 1.46. The third-order valence-corrected chi connectivity index (χ3v) is 6.87. The molecule has 1 nitrogen and oxygen atoms in total. The number of hydrogen-bond donors (Lipinski definition) is 0. The summed E-state index contributed by atoms with van der Waals surface area (Å²) in [5, 5.41) is 3.43. The molecule has 0 saturated heterocycles. The van der Waals surface area contributed by atoms with Crippen LogP contribution in [0, 0.1) is 5.82 Å². The second kappa shape index (κ2) is 7.70. The van der Waals surface area contributed by atoms with Gasteiger partial charge in [-0.2, -0.15) is 0 Å². The van der Waals surface area contributed by atoms with Gasteiger partial charge in [-0.3, -0.25) is 0 Å². The minimum atomic E-state index is -0.219. The Morgan fingerprint density at radius 2 is 1.25 bits per heavy atom. The molecule has 1 heterocycles. The standard InChI is InChI=1S/C29H18FNS/c30-22-7-5-6-21(18-22)19-12-14-20(15-13-19)23-16-17-26(25-9-2-1-8-24(23)25)29-31-27-10-3-4-11-28(27)32-29/h1-18H. The van der Waals surface area contributed by atoms with E-state index in [-0.39, 0.29) is 5.82 Å². The first-order valence-electron chi connectivity index (χ1n) is 10.5. The fourth-order valence-electron chi connectivity index (χ4n) is 4.23. The summed E-state index contributed by atoms with van der Waals surface area (Å²) in [6.45, 7) is 0. The average molecular weight is 432 g/mol. The van der Waals surface area contributed by atoms with Gasteiger partial charge in [0, 0.05) is 5.56 Å². The van der Waals surface area contributed by atoms with Gasteiger partial charge >= 0.3 is 0 Å². The fraction of sp³-hybridized carbons (Fsp3) is 0. The van der Waals surface area contributed by atoms with E-state index >= 15 is 0 Å². The zero-order valence-corrected chi connectivity index (χ0v) is 17.9. The van der Waals surface area contributed by atoms with Gasteiger partial charge in [-0.05, 0) is 57.3 Å². The Kier molecular flexibility index (Phi) is 4.55. The van der Waals surface area contributed by atoms with E-state index in [4.69, 9.17) is 4.98 Å². The Morgan fingerprint density at radius 1 is 0.562 bits per heavy atom. The molecule has 3 heteroatoms. The lowest BCUT2D eigenvalue weighted by Gasteiger charge is -2.11. The summed E-state index contributed by atoms with van der Waals surface area (Å²) < 4.78 is 14.8. The molecule has 0 aliphatic heterocycles. The highest BCUT2D eigenvalue weighted by Crippen LogP contribution is 2.38. The third kappa shape index (κ3) is 3.28. The van der Waals surface area contributed by atoms with Crippen LogP contribution in [-0.2, 0) is 0 Å². The van der Waals surface area contributed by atoms with Crippen molar-refractivity contribution in [2.45, 2.75) is 0 Å². The smallest absolute Gasteiger partial charge is 0.125 e. The number of thiazole rings is 1. The van der Waals surface area contributed by atoms with Gasteiger partial charge < -0.3 is 0 Å². The van der Waals surface area contributed by atoms with Gasteiger partial charge in [-0.25, -0.2) is 9.37 Å². The number of para-hydroxylation sites is 1. The summed E-state index contributed by atoms with van der Waals surface area (Å²) in [7, 11) is 0. The van der Waals surface area contributed by atoms with Crippen LogP contribution in [-0.4, -0.2) is 4.98 Å². The highest BCUT2D eigenvalue weighted by atomic mass is 32.1. The van der Waals surface area contributed by atoms with Crippen LogP contribution in [0.5, 0.6) is 0 Å². The molecule has 0 aliphatic carbocycles. The van der Waals surface area contributed by atoms with Crippen LogP contribution in [0.4, 0.5) is 4.39 Å². The van der Waals surface area contributed by atoms with Gasteiger partial charge in [0.1, 0.15) is 10.8 Å². The minimum absolute atomic E-state index is 0.219. The normalized spacial score (nSPS) is 11.3. The largest absolute Gasteiger partial charge is 0.236 e. The molecule has 0 bridgehead atoms. The molecule has 0 saturated carbocycles. The molecule has 0 N–H and O–H groups in total. The molecular formula is C29H18FNS. The first-order chi connectivity index (χ1) is 15.8. The first kappa shape index (κ1) is 18.9. The average Bonchev–Trinajstić information content (AvgIpc) is 3.28. The molecule has 0 unspecified atom stereocenters. The molecule has 6 rings (SSSR count). The number of rotatable bonds is 3. The van der Waals surface area contributed by atoms with Crippen LogP contribution in [0.3, 0.4) is 0 Å². The van der Waals surface area contributed by atoms with Gasteiger partial charge in [0.15, 0.2) is 0 Å². The zero-order valence-electron chi connectivity index (χ0n) is 17.1. The molecule has 5 aromatic carbocycles. The van der Waals surface area contributed by atoms with Crippen LogP contribution in [0.2, 0.25) is 0 Å². The number of aromatic nitrogens is 1. The molecule has 1 aromatic heterocycles. The van der Waals surface area contributed by atoms with Crippen molar-refractivity contribution in [3.05, 3.63) is 115 Å². The lowest BCUT2D eigenvalue weighted by Crippen LogP contribution is -1.86. The molecular weight excluding hydrogens is 413 g/mol. The lowest BCUT2D eigenvalue weighted by molar-refractivity contribution is 0.628. The van der Waals surface area contributed by atoms with Crippen molar-refractivity contribution in [1.82, 2.24) is 4.98 Å². The Hall–Kier alpha value is -3.82. The van der Waals surface area contributed by atoms with E-state index in [0.717, 1.165) is 32.8 Å². The van der Waals surface area contributed by atoms with Gasteiger partial charge in [0.05, 0.1) is 10.2 Å². The predicted octanol–water partition coefficient (Wildman–Crippen LogP) is 8.59. The second-order valence-electron chi connectivity index (χ2n) is 7.78. The van der Waals surface area contributed by atoms with Crippen LogP contribution in [0.1, 0.15) is 0 Å². The van der Waals surface area contributed by atoms with Crippen molar-refractivity contribution in [2.75, 3.05) is 0 Å². The summed E-state index contributed by atoms with van der Waals surface area (Å²) in [5.74, 6) is -0.219. The minimum Gasteiger partial charge on any atom is -0.236 e. The number of nitrogens with zero attached hydrogens (tertiary/aromatic N) is 1. The van der Waals surface area contributed by atoms with Crippen molar-refractivity contribution < 1.29 is 4.39 Å². The maximum Gasteiger partial charge on any atom is 0.125 e. The van der Waals surface area contributed by atoms with Crippen molar-refractivity contribution in [3.63, 3.8) is 0 Å². The number of benzene rings is 5. The Bertz CT molecular complexity index is 1550. The fourth-order valence-corrected chi connectivity index (χ4v) is 5.24. The van der Waals surface area contributed by atoms with E-state index in [2.05, 4.69) is 78.9 Å². The number of fused-ring (bicyclic) bond motifs is 2. The molecule has 0 radical (unpaired) electrons. The van der Waals surface area contributed by atoms with Gasteiger partial charge in [-0.15, -0.1) is 11.3 Å². The summed E-state index contributed by atoms with van der Waals surface area (Å²) >= 11 is 1.73. The third-order valence-electron chi connectivity index (χ3n) is 5.80. The topological polar surface area (TPSA) is 12.9 Å². The van der Waals surface area contributed by atoms with E-state index in [1.54, 1.807) is 23.5 Å². The summed E-state index contributed by atoms with van der Waals surface area (Å²) in [6, 6.07) is 36.2. The monoisotopic (exact) mass is 431 g/mol. The zero-order chi connectivity index (χ0) is 21.5.